The van der Waals surface area contributed by atoms with Crippen molar-refractivity contribution in [3.63, 3.8) is 0 Å². The SMILES string of the molecule is COCCn1c(=O)n(CCCn2nnc(Cc3cccc(C(F)(F)F)c3)n2)c(=O)c2[nH]c(C)nc21. The van der Waals surface area contributed by atoms with Gasteiger partial charge in [0.25, 0.3) is 5.56 Å². The lowest BCUT2D eigenvalue weighted by Gasteiger charge is -2.10. The van der Waals surface area contributed by atoms with Crippen molar-refractivity contribution >= 4 is 11.2 Å². The number of halogens is 3. The number of benzene rings is 1. The van der Waals surface area contributed by atoms with Crippen LogP contribution in [0.5, 0.6) is 0 Å². The Morgan fingerprint density at radius 2 is 1.91 bits per heavy atom. The van der Waals surface area contributed by atoms with Gasteiger partial charge in [-0.05, 0) is 30.2 Å². The molecule has 0 aliphatic carbocycles. The number of hydrogen-bond donors (Lipinski definition) is 1. The number of H-pyrrole nitrogens is 1. The van der Waals surface area contributed by atoms with Gasteiger partial charge in [-0.25, -0.2) is 9.78 Å². The average molecular weight is 492 g/mol. The van der Waals surface area contributed by atoms with Gasteiger partial charge in [0.15, 0.2) is 11.5 Å². The zero-order chi connectivity index (χ0) is 25.2. The van der Waals surface area contributed by atoms with Gasteiger partial charge in [0.2, 0.25) is 0 Å². The molecule has 1 aromatic carbocycles. The number of aromatic amines is 1. The molecule has 0 aliphatic rings. The lowest BCUT2D eigenvalue weighted by Crippen LogP contribution is -2.41. The number of fused-ring (bicyclic) bond motifs is 1. The van der Waals surface area contributed by atoms with Crippen molar-refractivity contribution in [1.82, 2.24) is 39.3 Å². The van der Waals surface area contributed by atoms with E-state index < -0.39 is 23.0 Å². The summed E-state index contributed by atoms with van der Waals surface area (Å²) in [5, 5.41) is 12.0. The maximum absolute atomic E-state index is 13.0. The molecule has 14 heteroatoms. The second-order valence-electron chi connectivity index (χ2n) is 7.93. The smallest absolute Gasteiger partial charge is 0.383 e. The normalized spacial score (nSPS) is 12.0. The van der Waals surface area contributed by atoms with E-state index in [4.69, 9.17) is 4.74 Å². The monoisotopic (exact) mass is 492 g/mol. The number of aromatic nitrogens is 8. The predicted molar refractivity (Wildman–Crippen MR) is 118 cm³/mol. The maximum Gasteiger partial charge on any atom is 0.416 e. The molecule has 0 fully saturated rings. The fourth-order valence-corrected chi connectivity index (χ4v) is 3.72. The summed E-state index contributed by atoms with van der Waals surface area (Å²) in [6, 6.07) is 4.94. The van der Waals surface area contributed by atoms with Crippen molar-refractivity contribution in [3.05, 3.63) is 67.9 Å². The summed E-state index contributed by atoms with van der Waals surface area (Å²) in [5.74, 6) is 0.776. The van der Waals surface area contributed by atoms with Gasteiger partial charge >= 0.3 is 11.9 Å². The summed E-state index contributed by atoms with van der Waals surface area (Å²) >= 11 is 0. The molecular formula is C21H23F3N8O3. The summed E-state index contributed by atoms with van der Waals surface area (Å²) < 4.78 is 46.3. The van der Waals surface area contributed by atoms with Crippen LogP contribution in [0.3, 0.4) is 0 Å². The second-order valence-corrected chi connectivity index (χ2v) is 7.93. The summed E-state index contributed by atoms with van der Waals surface area (Å²) in [4.78, 5) is 34.3. The molecule has 0 aliphatic heterocycles. The van der Waals surface area contributed by atoms with E-state index >= 15 is 0 Å². The van der Waals surface area contributed by atoms with Crippen molar-refractivity contribution < 1.29 is 17.9 Å². The first-order valence-electron chi connectivity index (χ1n) is 10.8. The van der Waals surface area contributed by atoms with Gasteiger partial charge in [-0.2, -0.15) is 18.0 Å². The summed E-state index contributed by atoms with van der Waals surface area (Å²) in [5.41, 5.74) is -0.790. The first-order valence-corrected chi connectivity index (χ1v) is 10.8. The first kappa shape index (κ1) is 24.3. The number of imidazole rings is 1. The van der Waals surface area contributed by atoms with E-state index in [2.05, 4.69) is 25.4 Å². The number of hydrogen-bond acceptors (Lipinski definition) is 7. The van der Waals surface area contributed by atoms with Crippen molar-refractivity contribution in [2.45, 2.75) is 45.6 Å². The topological polar surface area (TPSA) is 126 Å². The predicted octanol–water partition coefficient (Wildman–Crippen LogP) is 1.53. The van der Waals surface area contributed by atoms with Gasteiger partial charge in [-0.15, -0.1) is 10.2 Å². The van der Waals surface area contributed by atoms with Crippen LogP contribution in [0.1, 0.15) is 29.2 Å². The molecule has 0 radical (unpaired) electrons. The number of nitrogens with one attached hydrogen (secondary N) is 1. The highest BCUT2D eigenvalue weighted by Crippen LogP contribution is 2.29. The first-order chi connectivity index (χ1) is 16.7. The number of methoxy groups -OCH3 is 1. The quantitative estimate of drug-likeness (QED) is 0.376. The lowest BCUT2D eigenvalue weighted by atomic mass is 10.1. The van der Waals surface area contributed by atoms with Gasteiger partial charge in [0.1, 0.15) is 11.3 Å². The van der Waals surface area contributed by atoms with Gasteiger partial charge < -0.3 is 9.72 Å². The average Bonchev–Trinajstić information content (AvgIpc) is 3.42. The Balaban J connectivity index is 1.46. The van der Waals surface area contributed by atoms with Crippen molar-refractivity contribution in [2.24, 2.45) is 0 Å². The molecular weight excluding hydrogens is 469 g/mol. The molecule has 0 amide bonds. The van der Waals surface area contributed by atoms with E-state index in [-0.39, 0.29) is 49.7 Å². The Labute approximate surface area is 196 Å². The molecule has 0 unspecified atom stereocenters. The molecule has 35 heavy (non-hydrogen) atoms. The summed E-state index contributed by atoms with van der Waals surface area (Å²) in [6.45, 7) is 2.56. The highest BCUT2D eigenvalue weighted by atomic mass is 19.4. The minimum absolute atomic E-state index is 0.0867. The summed E-state index contributed by atoms with van der Waals surface area (Å²) in [6.07, 6.45) is -4.00. The molecule has 1 N–H and O–H groups in total. The van der Waals surface area contributed by atoms with Crippen LogP contribution in [-0.4, -0.2) is 53.0 Å². The fourth-order valence-electron chi connectivity index (χ4n) is 3.72. The van der Waals surface area contributed by atoms with Crippen LogP contribution >= 0.6 is 0 Å². The molecule has 0 bridgehead atoms. The Bertz CT molecular complexity index is 1450. The van der Waals surface area contributed by atoms with Crippen LogP contribution in [0.4, 0.5) is 13.2 Å². The van der Waals surface area contributed by atoms with Crippen LogP contribution in [0.2, 0.25) is 0 Å². The van der Waals surface area contributed by atoms with E-state index in [0.717, 1.165) is 16.7 Å². The molecule has 0 spiro atoms. The molecule has 4 aromatic rings. The molecule has 11 nitrogen and oxygen atoms in total. The number of alkyl halides is 3. The van der Waals surface area contributed by atoms with Gasteiger partial charge in [-0.1, -0.05) is 18.2 Å². The molecule has 3 heterocycles. The number of ether oxygens (including phenoxy) is 1. The number of nitrogens with zero attached hydrogens (tertiary/aromatic N) is 7. The molecule has 186 valence electrons. The summed E-state index contributed by atoms with van der Waals surface area (Å²) in [7, 11) is 1.51. The van der Waals surface area contributed by atoms with Crippen molar-refractivity contribution in [2.75, 3.05) is 13.7 Å². The van der Waals surface area contributed by atoms with Crippen LogP contribution in [0.25, 0.3) is 11.2 Å². The molecule has 4 rings (SSSR count). The van der Waals surface area contributed by atoms with Gasteiger partial charge in [0, 0.05) is 20.1 Å². The van der Waals surface area contributed by atoms with Gasteiger partial charge in [-0.3, -0.25) is 13.9 Å². The van der Waals surface area contributed by atoms with E-state index in [1.807, 2.05) is 0 Å². The number of aryl methyl sites for hydroxylation is 2. The largest absolute Gasteiger partial charge is 0.416 e. The molecule has 0 saturated carbocycles. The van der Waals surface area contributed by atoms with E-state index in [1.165, 1.54) is 22.5 Å². The van der Waals surface area contributed by atoms with Crippen LogP contribution in [0, 0.1) is 6.92 Å². The van der Waals surface area contributed by atoms with Gasteiger partial charge in [0.05, 0.1) is 25.3 Å². The van der Waals surface area contributed by atoms with Crippen molar-refractivity contribution in [3.8, 4) is 0 Å². The molecule has 3 aromatic heterocycles. The zero-order valence-electron chi connectivity index (χ0n) is 19.0. The maximum atomic E-state index is 13.0. The number of rotatable bonds is 9. The molecule has 0 atom stereocenters. The Morgan fingerprint density at radius 3 is 2.66 bits per heavy atom. The second kappa shape index (κ2) is 9.82. The third kappa shape index (κ3) is 5.31. The van der Waals surface area contributed by atoms with Crippen LogP contribution in [-0.2, 0) is 37.0 Å². The zero-order valence-corrected chi connectivity index (χ0v) is 19.0. The fraction of sp³-hybridized carbons (Fsp3) is 0.429. The minimum atomic E-state index is -4.43. The Morgan fingerprint density at radius 1 is 1.11 bits per heavy atom. The van der Waals surface area contributed by atoms with E-state index in [9.17, 15) is 22.8 Å². The third-order valence-electron chi connectivity index (χ3n) is 5.35. The van der Waals surface area contributed by atoms with Crippen LogP contribution < -0.4 is 11.2 Å². The number of tetrazole rings is 1. The Hall–Kier alpha value is -3.81. The van der Waals surface area contributed by atoms with Crippen molar-refractivity contribution in [1.29, 1.82) is 0 Å². The minimum Gasteiger partial charge on any atom is -0.383 e. The molecule has 0 saturated heterocycles. The highest BCUT2D eigenvalue weighted by Gasteiger charge is 2.30. The highest BCUT2D eigenvalue weighted by molar-refractivity contribution is 5.69. The van der Waals surface area contributed by atoms with Crippen LogP contribution in [0.15, 0.2) is 33.9 Å². The standard InChI is InChI=1S/C21H23F3N8O3/c1-13-25-17-18(26-13)30(9-10-35-2)20(34)31(19(17)33)7-4-8-32-28-16(27-29-32)12-14-5-3-6-15(11-14)21(22,23)24/h3,5-6,11H,4,7-10,12H2,1-2H3,(H,25,26). The Kier molecular flexibility index (Phi) is 6.82. The lowest BCUT2D eigenvalue weighted by molar-refractivity contribution is -0.137. The third-order valence-corrected chi connectivity index (χ3v) is 5.35. The van der Waals surface area contributed by atoms with E-state index in [0.29, 0.717) is 17.8 Å². The van der Waals surface area contributed by atoms with E-state index in [1.54, 1.807) is 13.0 Å².